The van der Waals surface area contributed by atoms with Crippen molar-refractivity contribution in [1.82, 2.24) is 24.6 Å². The number of fused-ring (bicyclic) bond motifs is 1. The molecule has 2 aliphatic rings. The van der Waals surface area contributed by atoms with Crippen LogP contribution in [0.4, 0.5) is 0 Å². The SMILES string of the molecule is O=c1[nH]c(C2CCN(CCC3CCCCC3)CC2)nn1-c1cccc2cnccc12. The Morgan fingerprint density at radius 2 is 1.87 bits per heavy atom. The van der Waals surface area contributed by atoms with Crippen LogP contribution >= 0.6 is 0 Å². The van der Waals surface area contributed by atoms with E-state index in [-0.39, 0.29) is 5.69 Å². The molecule has 1 aliphatic heterocycles. The predicted molar refractivity (Wildman–Crippen MR) is 119 cm³/mol. The Balaban J connectivity index is 1.25. The minimum atomic E-state index is -0.158. The Hall–Kier alpha value is -2.47. The van der Waals surface area contributed by atoms with Crippen molar-refractivity contribution >= 4 is 10.8 Å². The van der Waals surface area contributed by atoms with Crippen molar-refractivity contribution in [1.29, 1.82) is 0 Å². The quantitative estimate of drug-likeness (QED) is 0.689. The van der Waals surface area contributed by atoms with Gasteiger partial charge in [0.05, 0.1) is 5.69 Å². The number of hydrogen-bond donors (Lipinski definition) is 1. The molecule has 6 heteroatoms. The van der Waals surface area contributed by atoms with Gasteiger partial charge in [-0.1, -0.05) is 44.2 Å². The molecule has 0 unspecified atom stereocenters. The normalized spacial score (nSPS) is 19.5. The summed E-state index contributed by atoms with van der Waals surface area (Å²) < 4.78 is 1.52. The summed E-state index contributed by atoms with van der Waals surface area (Å²) >= 11 is 0. The standard InChI is InChI=1S/C24H31N5O/c30-24-26-23(27-29(24)22-8-4-7-20-17-25-13-9-21(20)22)19-11-15-28(16-12-19)14-10-18-5-2-1-3-6-18/h4,7-9,13,17-19H,1-3,5-6,10-12,14-16H2,(H,26,27,30). The van der Waals surface area contributed by atoms with Crippen molar-refractivity contribution in [3.63, 3.8) is 0 Å². The molecule has 2 fully saturated rings. The average Bonchev–Trinajstić information content (AvgIpc) is 3.19. The van der Waals surface area contributed by atoms with Crippen LogP contribution in [0.5, 0.6) is 0 Å². The van der Waals surface area contributed by atoms with Crippen LogP contribution in [-0.4, -0.2) is 44.3 Å². The van der Waals surface area contributed by atoms with E-state index in [1.54, 1.807) is 6.20 Å². The molecule has 1 saturated heterocycles. The highest BCUT2D eigenvalue weighted by molar-refractivity contribution is 5.89. The first-order valence-corrected chi connectivity index (χ1v) is 11.5. The van der Waals surface area contributed by atoms with Gasteiger partial charge in [-0.2, -0.15) is 4.68 Å². The van der Waals surface area contributed by atoms with Gasteiger partial charge in [-0.15, -0.1) is 5.10 Å². The first kappa shape index (κ1) is 19.5. The number of piperidine rings is 1. The lowest BCUT2D eigenvalue weighted by Gasteiger charge is -2.32. The fraction of sp³-hybridized carbons (Fsp3) is 0.542. The van der Waals surface area contributed by atoms with E-state index >= 15 is 0 Å². The van der Waals surface area contributed by atoms with Gasteiger partial charge < -0.3 is 4.90 Å². The van der Waals surface area contributed by atoms with Gasteiger partial charge in [0, 0.05) is 29.1 Å². The zero-order valence-corrected chi connectivity index (χ0v) is 17.6. The summed E-state index contributed by atoms with van der Waals surface area (Å²) in [6.45, 7) is 3.44. The Kier molecular flexibility index (Phi) is 5.67. The van der Waals surface area contributed by atoms with Crippen molar-refractivity contribution < 1.29 is 0 Å². The van der Waals surface area contributed by atoms with Gasteiger partial charge in [-0.05, 0) is 56.9 Å². The van der Waals surface area contributed by atoms with Crippen LogP contribution in [0.15, 0.2) is 41.5 Å². The Morgan fingerprint density at radius 1 is 1.03 bits per heavy atom. The van der Waals surface area contributed by atoms with E-state index in [4.69, 9.17) is 5.10 Å². The molecule has 3 aromatic rings. The van der Waals surface area contributed by atoms with Crippen LogP contribution in [0.3, 0.4) is 0 Å². The number of H-pyrrole nitrogens is 1. The molecular formula is C24H31N5O. The smallest absolute Gasteiger partial charge is 0.303 e. The van der Waals surface area contributed by atoms with Gasteiger partial charge in [0.2, 0.25) is 0 Å². The molecule has 1 N–H and O–H groups in total. The maximum atomic E-state index is 12.7. The largest absolute Gasteiger partial charge is 0.348 e. The number of likely N-dealkylation sites (tertiary alicyclic amines) is 1. The van der Waals surface area contributed by atoms with Crippen molar-refractivity contribution in [3.8, 4) is 5.69 Å². The van der Waals surface area contributed by atoms with Crippen molar-refractivity contribution in [3.05, 3.63) is 53.0 Å². The molecule has 1 aromatic carbocycles. The maximum Gasteiger partial charge on any atom is 0.348 e. The van der Waals surface area contributed by atoms with E-state index in [1.165, 1.54) is 49.8 Å². The number of aromatic nitrogens is 4. The van der Waals surface area contributed by atoms with E-state index in [0.29, 0.717) is 5.92 Å². The number of hydrogen-bond acceptors (Lipinski definition) is 4. The van der Waals surface area contributed by atoms with Crippen LogP contribution in [0.1, 0.15) is 63.1 Å². The minimum absolute atomic E-state index is 0.158. The van der Waals surface area contributed by atoms with E-state index in [0.717, 1.165) is 54.1 Å². The second-order valence-corrected chi connectivity index (χ2v) is 9.01. The van der Waals surface area contributed by atoms with Gasteiger partial charge in [0.1, 0.15) is 5.82 Å². The van der Waals surface area contributed by atoms with Crippen LogP contribution in [-0.2, 0) is 0 Å². The number of pyridine rings is 1. The monoisotopic (exact) mass is 405 g/mol. The third-order valence-corrected chi connectivity index (χ3v) is 7.07. The summed E-state index contributed by atoms with van der Waals surface area (Å²) in [7, 11) is 0. The van der Waals surface area contributed by atoms with Crippen LogP contribution in [0, 0.1) is 5.92 Å². The van der Waals surface area contributed by atoms with Crippen molar-refractivity contribution in [2.75, 3.05) is 19.6 Å². The molecule has 0 spiro atoms. The Labute approximate surface area is 177 Å². The fourth-order valence-electron chi connectivity index (χ4n) is 5.25. The second kappa shape index (κ2) is 8.72. The van der Waals surface area contributed by atoms with E-state index < -0.39 is 0 Å². The third-order valence-electron chi connectivity index (χ3n) is 7.07. The van der Waals surface area contributed by atoms with Gasteiger partial charge >= 0.3 is 5.69 Å². The molecule has 1 saturated carbocycles. The number of nitrogens with one attached hydrogen (secondary N) is 1. The molecule has 5 rings (SSSR count). The van der Waals surface area contributed by atoms with Gasteiger partial charge in [-0.25, -0.2) is 4.79 Å². The number of aromatic amines is 1. The van der Waals surface area contributed by atoms with Crippen molar-refractivity contribution in [2.24, 2.45) is 5.92 Å². The summed E-state index contributed by atoms with van der Waals surface area (Å²) in [4.78, 5) is 22.5. The zero-order valence-electron chi connectivity index (χ0n) is 17.6. The summed E-state index contributed by atoms with van der Waals surface area (Å²) in [5, 5.41) is 6.71. The number of rotatable bonds is 5. The van der Waals surface area contributed by atoms with Gasteiger partial charge in [0.15, 0.2) is 0 Å². The third kappa shape index (κ3) is 4.06. The summed E-state index contributed by atoms with van der Waals surface area (Å²) in [5.74, 6) is 2.11. The first-order chi connectivity index (χ1) is 14.8. The van der Waals surface area contributed by atoms with E-state index in [9.17, 15) is 4.79 Å². The second-order valence-electron chi connectivity index (χ2n) is 9.01. The molecule has 158 valence electrons. The summed E-state index contributed by atoms with van der Waals surface area (Å²) in [6.07, 6.45) is 14.2. The van der Waals surface area contributed by atoms with Gasteiger partial charge in [-0.3, -0.25) is 9.97 Å². The number of benzene rings is 1. The molecule has 1 aliphatic carbocycles. The molecule has 2 aromatic heterocycles. The van der Waals surface area contributed by atoms with Crippen molar-refractivity contribution in [2.45, 2.75) is 57.3 Å². The molecule has 0 bridgehead atoms. The van der Waals surface area contributed by atoms with E-state index in [2.05, 4.69) is 14.9 Å². The van der Waals surface area contributed by atoms with Crippen LogP contribution in [0.25, 0.3) is 16.5 Å². The zero-order chi connectivity index (χ0) is 20.3. The first-order valence-electron chi connectivity index (χ1n) is 11.5. The Morgan fingerprint density at radius 3 is 2.70 bits per heavy atom. The molecule has 3 heterocycles. The predicted octanol–water partition coefficient (Wildman–Crippen LogP) is 4.26. The lowest BCUT2D eigenvalue weighted by Crippen LogP contribution is -2.35. The molecule has 6 nitrogen and oxygen atoms in total. The highest BCUT2D eigenvalue weighted by Crippen LogP contribution is 2.29. The fourth-order valence-corrected chi connectivity index (χ4v) is 5.25. The topological polar surface area (TPSA) is 66.8 Å². The lowest BCUT2D eigenvalue weighted by atomic mass is 9.86. The number of nitrogens with zero attached hydrogens (tertiary/aromatic N) is 4. The van der Waals surface area contributed by atoms with Gasteiger partial charge in [0.25, 0.3) is 0 Å². The lowest BCUT2D eigenvalue weighted by molar-refractivity contribution is 0.187. The van der Waals surface area contributed by atoms with Crippen LogP contribution in [0.2, 0.25) is 0 Å². The molecular weight excluding hydrogens is 374 g/mol. The molecule has 0 amide bonds. The highest BCUT2D eigenvalue weighted by atomic mass is 16.1. The average molecular weight is 406 g/mol. The molecule has 0 radical (unpaired) electrons. The maximum absolute atomic E-state index is 12.7. The molecule has 0 atom stereocenters. The van der Waals surface area contributed by atoms with Crippen LogP contribution < -0.4 is 5.69 Å². The minimum Gasteiger partial charge on any atom is -0.303 e. The van der Waals surface area contributed by atoms with E-state index in [1.807, 2.05) is 30.5 Å². The summed E-state index contributed by atoms with van der Waals surface area (Å²) in [6, 6.07) is 7.84. The molecule has 30 heavy (non-hydrogen) atoms. The Bertz CT molecular complexity index is 1040. The highest BCUT2D eigenvalue weighted by Gasteiger charge is 2.25. The summed E-state index contributed by atoms with van der Waals surface area (Å²) in [5.41, 5.74) is 0.654.